The second-order valence-electron chi connectivity index (χ2n) is 4.40. The van der Waals surface area contributed by atoms with Crippen LogP contribution < -0.4 is 0 Å². The van der Waals surface area contributed by atoms with Crippen molar-refractivity contribution >= 4 is 28.6 Å². The molecular formula is C14H16ClFN2O2. The fourth-order valence-electron chi connectivity index (χ4n) is 2.11. The molecule has 0 aliphatic carbocycles. The standard InChI is InChI=1S/C14H16ClFN2O2/c1-3-20-12(19)7-8-18-11-6-4-5-10(16)13(11)17-14(18)9(2)15/h4-6,9H,3,7-8H2,1-2H3. The van der Waals surface area contributed by atoms with Crippen LogP contribution in [0.4, 0.5) is 4.39 Å². The van der Waals surface area contributed by atoms with E-state index in [0.29, 0.717) is 24.5 Å². The van der Waals surface area contributed by atoms with Crippen molar-refractivity contribution in [3.05, 3.63) is 29.8 Å². The average Bonchev–Trinajstić information content (AvgIpc) is 2.77. The summed E-state index contributed by atoms with van der Waals surface area (Å²) in [7, 11) is 0. The molecule has 0 fully saturated rings. The fraction of sp³-hybridized carbons (Fsp3) is 0.429. The minimum atomic E-state index is -0.393. The van der Waals surface area contributed by atoms with Crippen molar-refractivity contribution in [2.45, 2.75) is 32.2 Å². The Morgan fingerprint density at radius 3 is 2.95 bits per heavy atom. The summed E-state index contributed by atoms with van der Waals surface area (Å²) in [6, 6.07) is 4.73. The molecule has 0 aliphatic heterocycles. The topological polar surface area (TPSA) is 44.1 Å². The number of fused-ring (bicyclic) bond motifs is 1. The number of nitrogens with zero attached hydrogens (tertiary/aromatic N) is 2. The molecule has 0 radical (unpaired) electrons. The van der Waals surface area contributed by atoms with Gasteiger partial charge < -0.3 is 9.30 Å². The highest BCUT2D eigenvalue weighted by atomic mass is 35.5. The Hall–Kier alpha value is -1.62. The highest BCUT2D eigenvalue weighted by Gasteiger charge is 2.17. The minimum absolute atomic E-state index is 0.201. The van der Waals surface area contributed by atoms with Gasteiger partial charge in [-0.25, -0.2) is 9.37 Å². The first-order valence-corrected chi connectivity index (χ1v) is 6.92. The van der Waals surface area contributed by atoms with E-state index in [2.05, 4.69) is 4.98 Å². The minimum Gasteiger partial charge on any atom is -0.466 e. The summed E-state index contributed by atoms with van der Waals surface area (Å²) in [5, 5.41) is -0.371. The molecule has 2 rings (SSSR count). The third-order valence-electron chi connectivity index (χ3n) is 2.96. The smallest absolute Gasteiger partial charge is 0.307 e. The van der Waals surface area contributed by atoms with Gasteiger partial charge in [0.2, 0.25) is 0 Å². The van der Waals surface area contributed by atoms with Gasteiger partial charge in [-0.2, -0.15) is 0 Å². The highest BCUT2D eigenvalue weighted by Crippen LogP contribution is 2.26. The molecule has 108 valence electrons. The molecular weight excluding hydrogens is 283 g/mol. The van der Waals surface area contributed by atoms with E-state index in [1.807, 2.05) is 0 Å². The molecule has 0 N–H and O–H groups in total. The molecule has 2 aromatic rings. The van der Waals surface area contributed by atoms with Gasteiger partial charge in [0.25, 0.3) is 0 Å². The average molecular weight is 299 g/mol. The second-order valence-corrected chi connectivity index (χ2v) is 5.05. The van der Waals surface area contributed by atoms with Gasteiger partial charge in [0.05, 0.1) is 23.9 Å². The van der Waals surface area contributed by atoms with Crippen LogP contribution >= 0.6 is 11.6 Å². The molecule has 1 atom stereocenters. The summed E-state index contributed by atoms with van der Waals surface area (Å²) in [5.74, 6) is -0.133. The Morgan fingerprint density at radius 1 is 1.55 bits per heavy atom. The lowest BCUT2D eigenvalue weighted by Gasteiger charge is -2.10. The third-order valence-corrected chi connectivity index (χ3v) is 3.16. The summed E-state index contributed by atoms with van der Waals surface area (Å²) >= 11 is 6.09. The van der Waals surface area contributed by atoms with E-state index in [4.69, 9.17) is 16.3 Å². The number of hydrogen-bond donors (Lipinski definition) is 0. The van der Waals surface area contributed by atoms with Gasteiger partial charge in [0.15, 0.2) is 5.82 Å². The maximum atomic E-state index is 13.8. The number of imidazole rings is 1. The number of carbonyl (C=O) groups excluding carboxylic acids is 1. The number of ether oxygens (including phenoxy) is 1. The quantitative estimate of drug-likeness (QED) is 0.627. The zero-order valence-corrected chi connectivity index (χ0v) is 12.2. The Kier molecular flexibility index (Phi) is 4.60. The van der Waals surface area contributed by atoms with E-state index in [9.17, 15) is 9.18 Å². The van der Waals surface area contributed by atoms with Gasteiger partial charge in [0, 0.05) is 6.54 Å². The zero-order valence-electron chi connectivity index (χ0n) is 11.4. The molecule has 1 heterocycles. The van der Waals surface area contributed by atoms with Crippen molar-refractivity contribution in [3.8, 4) is 0 Å². The Bertz CT molecular complexity index is 625. The van der Waals surface area contributed by atoms with Crippen molar-refractivity contribution in [2.24, 2.45) is 0 Å². The van der Waals surface area contributed by atoms with Crippen LogP contribution in [0.25, 0.3) is 11.0 Å². The fourth-order valence-corrected chi connectivity index (χ4v) is 2.27. The molecule has 1 aromatic carbocycles. The second kappa shape index (κ2) is 6.22. The molecule has 20 heavy (non-hydrogen) atoms. The number of benzene rings is 1. The summed E-state index contributed by atoms with van der Waals surface area (Å²) in [4.78, 5) is 15.7. The van der Waals surface area contributed by atoms with Crippen molar-refractivity contribution in [3.63, 3.8) is 0 Å². The summed E-state index contributed by atoms with van der Waals surface area (Å²) in [5.41, 5.74) is 0.913. The SMILES string of the molecule is CCOC(=O)CCn1c(C(C)Cl)nc2c(F)cccc21. The number of rotatable bonds is 5. The summed E-state index contributed by atoms with van der Waals surface area (Å²) < 4.78 is 20.4. The first-order valence-electron chi connectivity index (χ1n) is 6.49. The molecule has 1 unspecified atom stereocenters. The lowest BCUT2D eigenvalue weighted by Crippen LogP contribution is -2.11. The molecule has 1 aromatic heterocycles. The zero-order chi connectivity index (χ0) is 14.7. The molecule has 6 heteroatoms. The monoisotopic (exact) mass is 298 g/mol. The first kappa shape index (κ1) is 14.8. The van der Waals surface area contributed by atoms with Crippen LogP contribution in [0.15, 0.2) is 18.2 Å². The highest BCUT2D eigenvalue weighted by molar-refractivity contribution is 6.20. The van der Waals surface area contributed by atoms with Gasteiger partial charge in [0.1, 0.15) is 11.3 Å². The van der Waals surface area contributed by atoms with E-state index in [1.54, 1.807) is 30.5 Å². The molecule has 0 saturated carbocycles. The number of alkyl halides is 1. The molecule has 0 saturated heterocycles. The number of aromatic nitrogens is 2. The van der Waals surface area contributed by atoms with Crippen LogP contribution in [0, 0.1) is 5.82 Å². The third kappa shape index (κ3) is 2.93. The molecule has 0 aliphatic rings. The summed E-state index contributed by atoms with van der Waals surface area (Å²) in [6.07, 6.45) is 0.201. The summed E-state index contributed by atoms with van der Waals surface area (Å²) in [6.45, 7) is 4.23. The number of hydrogen-bond acceptors (Lipinski definition) is 3. The van der Waals surface area contributed by atoms with E-state index in [0.717, 1.165) is 0 Å². The molecule has 0 amide bonds. The van der Waals surface area contributed by atoms with Crippen LogP contribution in [-0.4, -0.2) is 22.1 Å². The number of carbonyl (C=O) groups is 1. The van der Waals surface area contributed by atoms with Crippen LogP contribution in [0.3, 0.4) is 0 Å². The molecule has 4 nitrogen and oxygen atoms in total. The number of esters is 1. The maximum absolute atomic E-state index is 13.8. The van der Waals surface area contributed by atoms with E-state index in [1.165, 1.54) is 6.07 Å². The number of halogens is 2. The van der Waals surface area contributed by atoms with Crippen LogP contribution in [-0.2, 0) is 16.1 Å². The van der Waals surface area contributed by atoms with Gasteiger partial charge in [-0.3, -0.25) is 4.79 Å². The molecule has 0 bridgehead atoms. The lowest BCUT2D eigenvalue weighted by molar-refractivity contribution is -0.143. The van der Waals surface area contributed by atoms with Crippen LogP contribution in [0.1, 0.15) is 31.5 Å². The van der Waals surface area contributed by atoms with Crippen LogP contribution in [0.5, 0.6) is 0 Å². The van der Waals surface area contributed by atoms with E-state index in [-0.39, 0.29) is 23.3 Å². The molecule has 0 spiro atoms. The first-order chi connectivity index (χ1) is 9.54. The lowest BCUT2D eigenvalue weighted by atomic mass is 10.3. The van der Waals surface area contributed by atoms with E-state index < -0.39 is 5.82 Å². The Morgan fingerprint density at radius 2 is 2.30 bits per heavy atom. The van der Waals surface area contributed by atoms with Crippen molar-refractivity contribution < 1.29 is 13.9 Å². The largest absolute Gasteiger partial charge is 0.466 e. The predicted octanol–water partition coefficient (Wildman–Crippen LogP) is 3.43. The number of para-hydroxylation sites is 1. The van der Waals surface area contributed by atoms with Gasteiger partial charge >= 0.3 is 5.97 Å². The Balaban J connectivity index is 2.37. The van der Waals surface area contributed by atoms with Crippen LogP contribution in [0.2, 0.25) is 0 Å². The van der Waals surface area contributed by atoms with Crippen molar-refractivity contribution in [2.75, 3.05) is 6.61 Å². The van der Waals surface area contributed by atoms with Gasteiger partial charge in [-0.15, -0.1) is 11.6 Å². The number of aryl methyl sites for hydroxylation is 1. The predicted molar refractivity (Wildman–Crippen MR) is 75.2 cm³/mol. The maximum Gasteiger partial charge on any atom is 0.307 e. The van der Waals surface area contributed by atoms with Crippen molar-refractivity contribution in [1.29, 1.82) is 0 Å². The van der Waals surface area contributed by atoms with Crippen molar-refractivity contribution in [1.82, 2.24) is 9.55 Å². The Labute approximate surface area is 121 Å². The van der Waals surface area contributed by atoms with E-state index >= 15 is 0 Å². The van der Waals surface area contributed by atoms with Gasteiger partial charge in [-0.1, -0.05) is 6.07 Å². The normalized spacial score (nSPS) is 12.6. The van der Waals surface area contributed by atoms with Gasteiger partial charge in [-0.05, 0) is 26.0 Å².